The van der Waals surface area contributed by atoms with Gasteiger partial charge in [0.25, 0.3) is 0 Å². The molecule has 7 heteroatoms. The van der Waals surface area contributed by atoms with Crippen molar-refractivity contribution in [2.24, 2.45) is 5.73 Å². The van der Waals surface area contributed by atoms with Crippen molar-refractivity contribution in [1.29, 1.82) is 0 Å². The number of rotatable bonds is 5. The molecule has 104 valence electrons. The van der Waals surface area contributed by atoms with Gasteiger partial charge in [0.2, 0.25) is 0 Å². The van der Waals surface area contributed by atoms with Crippen molar-refractivity contribution in [3.8, 4) is 0 Å². The molecule has 4 N–H and O–H groups in total. The molecular weight excluding hydrogens is 305 g/mol. The number of carbonyl (C=O) groups is 1. The van der Waals surface area contributed by atoms with Gasteiger partial charge in [-0.25, -0.2) is 4.79 Å². The zero-order valence-electron chi connectivity index (χ0n) is 10.4. The lowest BCUT2D eigenvalue weighted by Crippen LogP contribution is -2.39. The van der Waals surface area contributed by atoms with Crippen LogP contribution in [0, 0.1) is 0 Å². The van der Waals surface area contributed by atoms with Gasteiger partial charge in [0.05, 0.1) is 15.0 Å². The minimum absolute atomic E-state index is 0.0831. The third kappa shape index (κ3) is 5.63. The van der Waals surface area contributed by atoms with Crippen molar-refractivity contribution in [2.45, 2.75) is 25.8 Å². The predicted octanol–water partition coefficient (Wildman–Crippen LogP) is 3.57. The maximum atomic E-state index is 11.8. The first-order valence-corrected chi connectivity index (χ1v) is 6.89. The van der Waals surface area contributed by atoms with Gasteiger partial charge in [-0.05, 0) is 24.6 Å². The second-order valence-electron chi connectivity index (χ2n) is 4.00. The standard InChI is InChI=1S/C12H15Cl2N3OS/c1-2-7(6-11(15)19)16-12(18)17-8-3-4-9(13)10(14)5-8/h3-5,7H,2,6H2,1H3,(H2,15,19)(H2,16,17,18). The van der Waals surface area contributed by atoms with Crippen LogP contribution in [0.1, 0.15) is 19.8 Å². The largest absolute Gasteiger partial charge is 0.393 e. The third-order valence-corrected chi connectivity index (χ3v) is 3.36. The molecule has 4 nitrogen and oxygen atoms in total. The van der Waals surface area contributed by atoms with Crippen LogP contribution in [0.4, 0.5) is 10.5 Å². The second kappa shape index (κ2) is 7.53. The first kappa shape index (κ1) is 16.0. The Balaban J connectivity index is 2.58. The molecule has 0 aliphatic rings. The van der Waals surface area contributed by atoms with Gasteiger partial charge in [-0.3, -0.25) is 0 Å². The van der Waals surface area contributed by atoms with Gasteiger partial charge < -0.3 is 16.4 Å². The van der Waals surface area contributed by atoms with E-state index in [9.17, 15) is 4.79 Å². The molecule has 0 spiro atoms. The monoisotopic (exact) mass is 319 g/mol. The van der Waals surface area contributed by atoms with Gasteiger partial charge in [-0.2, -0.15) is 0 Å². The highest BCUT2D eigenvalue weighted by molar-refractivity contribution is 7.80. The first-order chi connectivity index (χ1) is 8.92. The molecule has 0 aromatic heterocycles. The van der Waals surface area contributed by atoms with E-state index >= 15 is 0 Å². The Morgan fingerprint density at radius 1 is 1.42 bits per heavy atom. The summed E-state index contributed by atoms with van der Waals surface area (Å²) in [6.45, 7) is 1.95. The summed E-state index contributed by atoms with van der Waals surface area (Å²) in [5.41, 5.74) is 6.03. The zero-order valence-corrected chi connectivity index (χ0v) is 12.7. The van der Waals surface area contributed by atoms with Crippen LogP contribution in [0.5, 0.6) is 0 Å². The molecule has 1 atom stereocenters. The lowest BCUT2D eigenvalue weighted by atomic mass is 10.1. The van der Waals surface area contributed by atoms with Gasteiger partial charge in [0, 0.05) is 18.2 Å². The maximum absolute atomic E-state index is 11.8. The van der Waals surface area contributed by atoms with Crippen LogP contribution in [0.15, 0.2) is 18.2 Å². The lowest BCUT2D eigenvalue weighted by molar-refractivity contribution is 0.248. The molecule has 1 aromatic carbocycles. The van der Waals surface area contributed by atoms with E-state index in [0.29, 0.717) is 27.1 Å². The molecule has 2 amide bonds. The molecular formula is C12H15Cl2N3OS. The number of carbonyl (C=O) groups excluding carboxylic acids is 1. The summed E-state index contributed by atoms with van der Waals surface area (Å²) in [7, 11) is 0. The fourth-order valence-corrected chi connectivity index (χ4v) is 1.97. The van der Waals surface area contributed by atoms with Crippen molar-refractivity contribution in [3.63, 3.8) is 0 Å². The highest BCUT2D eigenvalue weighted by Crippen LogP contribution is 2.24. The van der Waals surface area contributed by atoms with E-state index in [2.05, 4.69) is 10.6 Å². The number of halogens is 2. The van der Waals surface area contributed by atoms with Crippen LogP contribution in [-0.2, 0) is 0 Å². The van der Waals surface area contributed by atoms with Crippen LogP contribution < -0.4 is 16.4 Å². The number of hydrogen-bond acceptors (Lipinski definition) is 2. The fourth-order valence-electron chi connectivity index (χ4n) is 1.47. The summed E-state index contributed by atoms with van der Waals surface area (Å²) >= 11 is 16.5. The van der Waals surface area contributed by atoms with Crippen molar-refractivity contribution in [2.75, 3.05) is 5.32 Å². The van der Waals surface area contributed by atoms with Gasteiger partial charge in [-0.15, -0.1) is 0 Å². The molecule has 1 unspecified atom stereocenters. The number of urea groups is 1. The minimum Gasteiger partial charge on any atom is -0.393 e. The Hall–Kier alpha value is -1.04. The first-order valence-electron chi connectivity index (χ1n) is 5.73. The average molecular weight is 320 g/mol. The molecule has 0 saturated carbocycles. The Kier molecular flexibility index (Phi) is 6.34. The van der Waals surface area contributed by atoms with Crippen molar-refractivity contribution >= 4 is 52.1 Å². The summed E-state index contributed by atoms with van der Waals surface area (Å²) in [6, 6.07) is 4.45. The molecule has 0 fully saturated rings. The number of thiocarbonyl (C=S) groups is 1. The molecule has 19 heavy (non-hydrogen) atoms. The van der Waals surface area contributed by atoms with Crippen LogP contribution in [0.3, 0.4) is 0 Å². The average Bonchev–Trinajstić information content (AvgIpc) is 2.32. The predicted molar refractivity (Wildman–Crippen MR) is 84.1 cm³/mol. The molecule has 1 rings (SSSR count). The highest BCUT2D eigenvalue weighted by atomic mass is 35.5. The van der Waals surface area contributed by atoms with Gasteiger partial charge >= 0.3 is 6.03 Å². The number of benzene rings is 1. The lowest BCUT2D eigenvalue weighted by Gasteiger charge is -2.16. The summed E-state index contributed by atoms with van der Waals surface area (Å²) < 4.78 is 0. The maximum Gasteiger partial charge on any atom is 0.319 e. The van der Waals surface area contributed by atoms with E-state index in [1.54, 1.807) is 18.2 Å². The van der Waals surface area contributed by atoms with Crippen LogP contribution in [0.2, 0.25) is 10.0 Å². The molecule has 1 aromatic rings. The summed E-state index contributed by atoms with van der Waals surface area (Å²) in [5.74, 6) is 0. The normalized spacial score (nSPS) is 11.7. The van der Waals surface area contributed by atoms with Gasteiger partial charge in [0.15, 0.2) is 0 Å². The van der Waals surface area contributed by atoms with Crippen molar-refractivity contribution in [3.05, 3.63) is 28.2 Å². The van der Waals surface area contributed by atoms with Crippen LogP contribution in [0.25, 0.3) is 0 Å². The molecule has 0 aliphatic heterocycles. The smallest absolute Gasteiger partial charge is 0.319 e. The minimum atomic E-state index is -0.332. The van der Waals surface area contributed by atoms with E-state index in [1.807, 2.05) is 6.92 Å². The topological polar surface area (TPSA) is 67.1 Å². The van der Waals surface area contributed by atoms with E-state index < -0.39 is 0 Å². The van der Waals surface area contributed by atoms with Crippen molar-refractivity contribution < 1.29 is 4.79 Å². The van der Waals surface area contributed by atoms with E-state index in [4.69, 9.17) is 41.2 Å². The Morgan fingerprint density at radius 3 is 2.63 bits per heavy atom. The summed E-state index contributed by atoms with van der Waals surface area (Å²) in [4.78, 5) is 12.2. The molecule has 0 bridgehead atoms. The third-order valence-electron chi connectivity index (χ3n) is 2.45. The molecule has 0 heterocycles. The molecule has 0 aliphatic carbocycles. The second-order valence-corrected chi connectivity index (χ2v) is 5.34. The summed E-state index contributed by atoms with van der Waals surface area (Å²) in [6.07, 6.45) is 1.22. The van der Waals surface area contributed by atoms with E-state index in [1.165, 1.54) is 0 Å². The highest BCUT2D eigenvalue weighted by Gasteiger charge is 2.11. The number of nitrogens with one attached hydrogen (secondary N) is 2. The van der Waals surface area contributed by atoms with Crippen LogP contribution in [-0.4, -0.2) is 17.1 Å². The Bertz CT molecular complexity index is 482. The zero-order chi connectivity index (χ0) is 14.4. The number of anilines is 1. The molecule has 0 radical (unpaired) electrons. The van der Waals surface area contributed by atoms with Crippen LogP contribution >= 0.6 is 35.4 Å². The number of hydrogen-bond donors (Lipinski definition) is 3. The Morgan fingerprint density at radius 2 is 2.11 bits per heavy atom. The van der Waals surface area contributed by atoms with Crippen molar-refractivity contribution in [1.82, 2.24) is 5.32 Å². The SMILES string of the molecule is CCC(CC(N)=S)NC(=O)Nc1ccc(Cl)c(Cl)c1. The summed E-state index contributed by atoms with van der Waals surface area (Å²) in [5, 5.41) is 6.28. The van der Waals surface area contributed by atoms with E-state index in [0.717, 1.165) is 6.42 Å². The van der Waals surface area contributed by atoms with Gasteiger partial charge in [-0.1, -0.05) is 42.3 Å². The van der Waals surface area contributed by atoms with Gasteiger partial charge in [0.1, 0.15) is 0 Å². The molecule has 0 saturated heterocycles. The number of amides is 2. The quantitative estimate of drug-likeness (QED) is 0.727. The number of nitrogens with two attached hydrogens (primary N) is 1. The fraction of sp³-hybridized carbons (Fsp3) is 0.333. The van der Waals surface area contributed by atoms with E-state index in [-0.39, 0.29) is 12.1 Å². The Labute approximate surface area is 127 Å².